The van der Waals surface area contributed by atoms with Crippen LogP contribution in [0.5, 0.6) is 0 Å². The highest BCUT2D eigenvalue weighted by Crippen LogP contribution is 2.14. The van der Waals surface area contributed by atoms with Crippen LogP contribution in [0.1, 0.15) is 64.7 Å². The average molecular weight is 266 g/mol. The molecule has 1 rings (SSSR count). The van der Waals surface area contributed by atoms with Crippen molar-refractivity contribution in [2.24, 2.45) is 0 Å². The van der Waals surface area contributed by atoms with Crippen molar-refractivity contribution < 1.29 is 9.47 Å². The van der Waals surface area contributed by atoms with E-state index in [4.69, 9.17) is 9.47 Å². The summed E-state index contributed by atoms with van der Waals surface area (Å²) in [5.41, 5.74) is 0. The molecule has 0 amide bonds. The van der Waals surface area contributed by atoms with Crippen molar-refractivity contribution in [1.82, 2.24) is 0 Å². The molecule has 0 radical (unpaired) electrons. The van der Waals surface area contributed by atoms with Gasteiger partial charge in [0.15, 0.2) is 6.29 Å². The van der Waals surface area contributed by atoms with Crippen molar-refractivity contribution in [1.29, 1.82) is 0 Å². The third kappa shape index (κ3) is 9.92. The van der Waals surface area contributed by atoms with Crippen molar-refractivity contribution in [3.63, 3.8) is 0 Å². The number of hydrogen-bond acceptors (Lipinski definition) is 2. The zero-order chi connectivity index (χ0) is 13.6. The third-order valence-electron chi connectivity index (χ3n) is 3.31. The summed E-state index contributed by atoms with van der Waals surface area (Å²) in [5.74, 6) is 0. The summed E-state index contributed by atoms with van der Waals surface area (Å²) in [5, 5.41) is 0. The van der Waals surface area contributed by atoms with E-state index in [0.717, 1.165) is 32.5 Å². The summed E-state index contributed by atoms with van der Waals surface area (Å²) >= 11 is 0. The van der Waals surface area contributed by atoms with Gasteiger partial charge >= 0.3 is 0 Å². The number of hydrogen-bond donors (Lipinski definition) is 0. The van der Waals surface area contributed by atoms with E-state index in [0.29, 0.717) is 0 Å². The van der Waals surface area contributed by atoms with Crippen LogP contribution in [0.3, 0.4) is 0 Å². The van der Waals surface area contributed by atoms with E-state index in [1.807, 2.05) is 0 Å². The van der Waals surface area contributed by atoms with Gasteiger partial charge in [-0.2, -0.15) is 0 Å². The van der Waals surface area contributed by atoms with Crippen LogP contribution in [0.15, 0.2) is 24.3 Å². The summed E-state index contributed by atoms with van der Waals surface area (Å²) in [7, 11) is 0. The van der Waals surface area contributed by atoms with E-state index in [-0.39, 0.29) is 6.29 Å². The van der Waals surface area contributed by atoms with Crippen LogP contribution in [0, 0.1) is 0 Å². The van der Waals surface area contributed by atoms with Crippen LogP contribution in [-0.2, 0) is 9.47 Å². The first-order valence-electron chi connectivity index (χ1n) is 7.98. The van der Waals surface area contributed by atoms with E-state index >= 15 is 0 Å². The molecule has 2 nitrogen and oxygen atoms in total. The Balaban J connectivity index is 1.85. The highest BCUT2D eigenvalue weighted by atomic mass is 16.7. The Hall–Kier alpha value is -0.600. The summed E-state index contributed by atoms with van der Waals surface area (Å²) in [6.45, 7) is 3.94. The van der Waals surface area contributed by atoms with E-state index in [2.05, 4.69) is 31.2 Å². The topological polar surface area (TPSA) is 18.5 Å². The fourth-order valence-electron chi connectivity index (χ4n) is 2.09. The minimum atomic E-state index is 0.0748. The largest absolute Gasteiger partial charge is 0.353 e. The monoisotopic (exact) mass is 266 g/mol. The van der Waals surface area contributed by atoms with Crippen LogP contribution in [0.25, 0.3) is 0 Å². The molecule has 0 bridgehead atoms. The average Bonchev–Trinajstić information content (AvgIpc) is 2.46. The predicted octanol–water partition coefficient (Wildman–Crippen LogP) is 5.00. The van der Waals surface area contributed by atoms with Crippen LogP contribution in [-0.4, -0.2) is 19.5 Å². The number of unbranched alkanes of at least 4 members (excludes halogenated alkanes) is 4. The van der Waals surface area contributed by atoms with Gasteiger partial charge in [-0.05, 0) is 44.9 Å². The Morgan fingerprint density at radius 3 is 2.53 bits per heavy atom. The van der Waals surface area contributed by atoms with Gasteiger partial charge in [0.05, 0.1) is 0 Å². The predicted molar refractivity (Wildman–Crippen MR) is 81.2 cm³/mol. The van der Waals surface area contributed by atoms with Crippen molar-refractivity contribution in [2.75, 3.05) is 13.2 Å². The zero-order valence-corrected chi connectivity index (χ0v) is 12.5. The number of ether oxygens (including phenoxy) is 2. The smallest absolute Gasteiger partial charge is 0.157 e. The van der Waals surface area contributed by atoms with Crippen LogP contribution < -0.4 is 0 Å². The van der Waals surface area contributed by atoms with E-state index in [1.54, 1.807) is 0 Å². The number of allylic oxidation sites excluding steroid dienone is 4. The molecule has 0 saturated carbocycles. The molecule has 0 aromatic carbocycles. The number of rotatable bonds is 10. The molecule has 1 heterocycles. The van der Waals surface area contributed by atoms with Crippen LogP contribution >= 0.6 is 0 Å². The van der Waals surface area contributed by atoms with Gasteiger partial charge in [0.2, 0.25) is 0 Å². The Bertz CT molecular complexity index is 240. The Labute approximate surface area is 118 Å². The molecule has 19 heavy (non-hydrogen) atoms. The molecule has 1 aliphatic rings. The minimum Gasteiger partial charge on any atom is -0.353 e. The fraction of sp³-hybridized carbons (Fsp3) is 0.765. The molecule has 1 fully saturated rings. The molecule has 0 aliphatic carbocycles. The van der Waals surface area contributed by atoms with Gasteiger partial charge in [-0.15, -0.1) is 0 Å². The van der Waals surface area contributed by atoms with Crippen molar-refractivity contribution in [3.05, 3.63) is 24.3 Å². The quantitative estimate of drug-likeness (QED) is 0.409. The van der Waals surface area contributed by atoms with Gasteiger partial charge in [-0.1, -0.05) is 44.1 Å². The van der Waals surface area contributed by atoms with Crippen molar-refractivity contribution in [3.8, 4) is 0 Å². The maximum atomic E-state index is 5.69. The highest BCUT2D eigenvalue weighted by Gasteiger charge is 2.12. The maximum absolute atomic E-state index is 5.69. The second-order valence-electron chi connectivity index (χ2n) is 5.16. The summed E-state index contributed by atoms with van der Waals surface area (Å²) in [6.07, 6.45) is 19.7. The van der Waals surface area contributed by atoms with Gasteiger partial charge in [-0.25, -0.2) is 0 Å². The van der Waals surface area contributed by atoms with Crippen molar-refractivity contribution in [2.45, 2.75) is 71.0 Å². The molecule has 1 aliphatic heterocycles. The Kier molecular flexibility index (Phi) is 10.8. The van der Waals surface area contributed by atoms with Crippen LogP contribution in [0.4, 0.5) is 0 Å². The molecule has 1 saturated heterocycles. The van der Waals surface area contributed by atoms with Crippen LogP contribution in [0.2, 0.25) is 0 Å². The summed E-state index contributed by atoms with van der Waals surface area (Å²) in [6, 6.07) is 0. The van der Waals surface area contributed by atoms with E-state index in [1.165, 1.54) is 38.5 Å². The second kappa shape index (κ2) is 12.4. The van der Waals surface area contributed by atoms with Gasteiger partial charge < -0.3 is 9.47 Å². The van der Waals surface area contributed by atoms with Gasteiger partial charge in [0.25, 0.3) is 0 Å². The molecule has 110 valence electrons. The molecule has 2 heteroatoms. The molecule has 1 unspecified atom stereocenters. The molecule has 0 spiro atoms. The van der Waals surface area contributed by atoms with Gasteiger partial charge in [0.1, 0.15) is 0 Å². The maximum Gasteiger partial charge on any atom is 0.157 e. The first kappa shape index (κ1) is 16.5. The van der Waals surface area contributed by atoms with E-state index in [9.17, 15) is 0 Å². The lowest BCUT2D eigenvalue weighted by Gasteiger charge is -2.22. The zero-order valence-electron chi connectivity index (χ0n) is 12.5. The summed E-state index contributed by atoms with van der Waals surface area (Å²) in [4.78, 5) is 0. The molecule has 0 N–H and O–H groups in total. The highest BCUT2D eigenvalue weighted by molar-refractivity contribution is 5.02. The SMILES string of the molecule is CCCC/C=C/C=C/CCCCOC1CCCCO1. The molecular formula is C17H30O2. The second-order valence-corrected chi connectivity index (χ2v) is 5.16. The normalized spacial score (nSPS) is 20.6. The molecule has 1 atom stereocenters. The van der Waals surface area contributed by atoms with Gasteiger partial charge in [0, 0.05) is 13.2 Å². The molecular weight excluding hydrogens is 236 g/mol. The Morgan fingerprint density at radius 1 is 1.05 bits per heavy atom. The minimum absolute atomic E-state index is 0.0748. The lowest BCUT2D eigenvalue weighted by atomic mass is 10.2. The Morgan fingerprint density at radius 2 is 1.84 bits per heavy atom. The fourth-order valence-corrected chi connectivity index (χ4v) is 2.09. The lowest BCUT2D eigenvalue weighted by Crippen LogP contribution is -2.22. The summed E-state index contributed by atoms with van der Waals surface area (Å²) < 4.78 is 11.2. The lowest BCUT2D eigenvalue weighted by molar-refractivity contribution is -0.162. The first-order valence-corrected chi connectivity index (χ1v) is 7.98. The molecule has 0 aromatic rings. The standard InChI is InChI=1S/C17H30O2/c1-2-3-4-5-6-7-8-9-10-12-15-18-17-14-11-13-16-19-17/h5-8,17H,2-4,9-16H2,1H3/b6-5+,8-7+. The molecule has 0 aromatic heterocycles. The first-order chi connectivity index (χ1) is 9.43. The van der Waals surface area contributed by atoms with Gasteiger partial charge in [-0.3, -0.25) is 0 Å². The van der Waals surface area contributed by atoms with E-state index < -0.39 is 0 Å². The van der Waals surface area contributed by atoms with Crippen molar-refractivity contribution >= 4 is 0 Å². The third-order valence-corrected chi connectivity index (χ3v) is 3.31.